The Balaban J connectivity index is 2.75. The predicted molar refractivity (Wildman–Crippen MR) is 83.6 cm³/mol. The first-order valence-corrected chi connectivity index (χ1v) is 7.35. The van der Waals surface area contributed by atoms with E-state index < -0.39 is 0 Å². The van der Waals surface area contributed by atoms with Gasteiger partial charge in [-0.1, -0.05) is 19.9 Å². The summed E-state index contributed by atoms with van der Waals surface area (Å²) in [4.78, 5) is 12.4. The smallest absolute Gasteiger partial charge is 0.251 e. The summed E-state index contributed by atoms with van der Waals surface area (Å²) in [6, 6.07) is 7.13. The van der Waals surface area contributed by atoms with Gasteiger partial charge in [-0.15, -0.1) is 0 Å². The molecule has 0 spiro atoms. The molecule has 0 atom stereocenters. The Hall–Kier alpha value is -1.59. The van der Waals surface area contributed by atoms with Crippen molar-refractivity contribution in [1.29, 1.82) is 0 Å². The van der Waals surface area contributed by atoms with Crippen LogP contribution in [-0.2, 0) is 4.74 Å². The topological polar surface area (TPSA) is 73.6 Å². The Morgan fingerprint density at radius 2 is 2.00 bits per heavy atom. The maximum absolute atomic E-state index is 12.4. The molecule has 0 saturated heterocycles. The third-order valence-corrected chi connectivity index (χ3v) is 3.78. The van der Waals surface area contributed by atoms with Gasteiger partial charge in [0.05, 0.1) is 12.1 Å². The van der Waals surface area contributed by atoms with Gasteiger partial charge in [-0.3, -0.25) is 4.79 Å². The van der Waals surface area contributed by atoms with E-state index in [1.165, 1.54) is 0 Å². The average molecular weight is 294 g/mol. The molecule has 1 amide bonds. The third-order valence-electron chi connectivity index (χ3n) is 3.78. The first-order chi connectivity index (χ1) is 10.1. The fourth-order valence-electron chi connectivity index (χ4n) is 2.05. The monoisotopic (exact) mass is 294 g/mol. The third kappa shape index (κ3) is 5.02. The van der Waals surface area contributed by atoms with Crippen LogP contribution in [0.5, 0.6) is 5.75 Å². The number of hydrogen-bond donors (Lipinski definition) is 2. The fraction of sp³-hybridized carbons (Fsp3) is 0.562. The lowest BCUT2D eigenvalue weighted by Crippen LogP contribution is -2.52. The molecule has 1 aromatic carbocycles. The number of rotatable bonds is 9. The van der Waals surface area contributed by atoms with Crippen molar-refractivity contribution in [3.05, 3.63) is 29.8 Å². The lowest BCUT2D eigenvalue weighted by atomic mass is 9.92. The number of hydrogen-bond acceptors (Lipinski definition) is 4. The van der Waals surface area contributed by atoms with Crippen LogP contribution in [0.1, 0.15) is 37.0 Å². The van der Waals surface area contributed by atoms with Crippen LogP contribution < -0.4 is 15.8 Å². The van der Waals surface area contributed by atoms with Crippen LogP contribution in [0.3, 0.4) is 0 Å². The first-order valence-electron chi connectivity index (χ1n) is 7.35. The van der Waals surface area contributed by atoms with Crippen molar-refractivity contribution >= 4 is 5.91 Å². The predicted octanol–water partition coefficient (Wildman–Crippen LogP) is 1.96. The highest BCUT2D eigenvalue weighted by Gasteiger charge is 2.26. The van der Waals surface area contributed by atoms with Crippen molar-refractivity contribution in [2.24, 2.45) is 5.73 Å². The van der Waals surface area contributed by atoms with E-state index in [-0.39, 0.29) is 11.4 Å². The Morgan fingerprint density at radius 1 is 1.29 bits per heavy atom. The van der Waals surface area contributed by atoms with Gasteiger partial charge in [0.25, 0.3) is 5.91 Å². The summed E-state index contributed by atoms with van der Waals surface area (Å²) in [5, 5.41) is 3.05. The van der Waals surface area contributed by atoms with Crippen molar-refractivity contribution in [3.63, 3.8) is 0 Å². The number of methoxy groups -OCH3 is 1. The van der Waals surface area contributed by atoms with Crippen LogP contribution in [0.4, 0.5) is 0 Å². The van der Waals surface area contributed by atoms with Gasteiger partial charge in [-0.2, -0.15) is 0 Å². The minimum atomic E-state index is -0.343. The zero-order valence-corrected chi connectivity index (χ0v) is 13.1. The molecule has 0 aromatic heterocycles. The highest BCUT2D eigenvalue weighted by molar-refractivity contribution is 5.95. The van der Waals surface area contributed by atoms with Crippen molar-refractivity contribution < 1.29 is 14.3 Å². The molecule has 0 radical (unpaired) electrons. The molecule has 0 fully saturated rings. The molecule has 0 saturated carbocycles. The van der Waals surface area contributed by atoms with Crippen LogP contribution in [-0.4, -0.2) is 38.3 Å². The molecule has 5 heteroatoms. The van der Waals surface area contributed by atoms with Crippen molar-refractivity contribution in [2.75, 3.05) is 26.9 Å². The first kappa shape index (κ1) is 17.5. The van der Waals surface area contributed by atoms with E-state index in [2.05, 4.69) is 5.32 Å². The largest absolute Gasteiger partial charge is 0.491 e. The molecule has 0 heterocycles. The minimum Gasteiger partial charge on any atom is -0.491 e. The Labute approximate surface area is 126 Å². The molecule has 1 rings (SSSR count). The summed E-state index contributed by atoms with van der Waals surface area (Å²) in [6.07, 6.45) is 1.60. The van der Waals surface area contributed by atoms with E-state index in [1.807, 2.05) is 19.9 Å². The Morgan fingerprint density at radius 3 is 2.57 bits per heavy atom. The summed E-state index contributed by atoms with van der Waals surface area (Å²) in [7, 11) is 1.62. The van der Waals surface area contributed by atoms with Crippen LogP contribution in [0.2, 0.25) is 0 Å². The molecular weight excluding hydrogens is 268 g/mol. The summed E-state index contributed by atoms with van der Waals surface area (Å²) >= 11 is 0. The maximum Gasteiger partial charge on any atom is 0.251 e. The Kier molecular flexibility index (Phi) is 7.19. The summed E-state index contributed by atoms with van der Waals surface area (Å²) in [5.74, 6) is 0.535. The van der Waals surface area contributed by atoms with Crippen molar-refractivity contribution in [1.82, 2.24) is 5.32 Å². The van der Waals surface area contributed by atoms with E-state index in [4.69, 9.17) is 15.2 Å². The Bertz CT molecular complexity index is 437. The second-order valence-electron chi connectivity index (χ2n) is 5.01. The van der Waals surface area contributed by atoms with E-state index in [0.717, 1.165) is 12.8 Å². The van der Waals surface area contributed by atoms with Gasteiger partial charge in [0.1, 0.15) is 12.4 Å². The highest BCUT2D eigenvalue weighted by Crippen LogP contribution is 2.17. The van der Waals surface area contributed by atoms with E-state index in [0.29, 0.717) is 31.1 Å². The van der Waals surface area contributed by atoms with Crippen LogP contribution in [0.15, 0.2) is 24.3 Å². The van der Waals surface area contributed by atoms with Gasteiger partial charge >= 0.3 is 0 Å². The van der Waals surface area contributed by atoms with Gasteiger partial charge in [-0.05, 0) is 31.0 Å². The molecular formula is C16H26N2O3. The summed E-state index contributed by atoms with van der Waals surface area (Å²) in [5.41, 5.74) is 6.04. The molecule has 0 aliphatic heterocycles. The quantitative estimate of drug-likeness (QED) is 0.683. The van der Waals surface area contributed by atoms with Gasteiger partial charge in [0, 0.05) is 19.2 Å². The standard InChI is InChI=1S/C16H26N2O3/c1-4-16(5-2,12-17)18-15(19)13-7-6-8-14(11-13)21-10-9-20-3/h6-8,11H,4-5,9-10,12,17H2,1-3H3,(H,18,19). The van der Waals surface area contributed by atoms with Crippen molar-refractivity contribution in [3.8, 4) is 5.75 Å². The number of amides is 1. The molecule has 5 nitrogen and oxygen atoms in total. The molecule has 0 aliphatic carbocycles. The molecule has 3 N–H and O–H groups in total. The zero-order valence-electron chi connectivity index (χ0n) is 13.1. The zero-order chi connectivity index (χ0) is 15.7. The van der Waals surface area contributed by atoms with Crippen LogP contribution in [0, 0.1) is 0 Å². The van der Waals surface area contributed by atoms with E-state index in [1.54, 1.807) is 25.3 Å². The van der Waals surface area contributed by atoms with E-state index >= 15 is 0 Å². The molecule has 0 aliphatic rings. The SMILES string of the molecule is CCC(CC)(CN)NC(=O)c1cccc(OCCOC)c1. The minimum absolute atomic E-state index is 0.124. The molecule has 0 bridgehead atoms. The van der Waals surface area contributed by atoms with Crippen molar-refractivity contribution in [2.45, 2.75) is 32.2 Å². The van der Waals surface area contributed by atoms with Crippen LogP contribution >= 0.6 is 0 Å². The molecule has 0 unspecified atom stereocenters. The highest BCUT2D eigenvalue weighted by atomic mass is 16.5. The van der Waals surface area contributed by atoms with Gasteiger partial charge in [0.2, 0.25) is 0 Å². The summed E-state index contributed by atoms with van der Waals surface area (Å²) in [6.45, 7) is 5.45. The van der Waals surface area contributed by atoms with Gasteiger partial charge in [-0.25, -0.2) is 0 Å². The number of nitrogens with two attached hydrogens (primary N) is 1. The number of benzene rings is 1. The second kappa shape index (κ2) is 8.64. The number of ether oxygens (including phenoxy) is 2. The summed E-state index contributed by atoms with van der Waals surface area (Å²) < 4.78 is 10.4. The van der Waals surface area contributed by atoms with E-state index in [9.17, 15) is 4.79 Å². The number of carbonyl (C=O) groups excluding carboxylic acids is 1. The second-order valence-corrected chi connectivity index (χ2v) is 5.01. The molecule has 118 valence electrons. The molecule has 1 aromatic rings. The fourth-order valence-corrected chi connectivity index (χ4v) is 2.05. The maximum atomic E-state index is 12.4. The normalized spacial score (nSPS) is 11.2. The average Bonchev–Trinajstić information content (AvgIpc) is 2.53. The number of carbonyl (C=O) groups is 1. The number of nitrogens with one attached hydrogen (secondary N) is 1. The lowest BCUT2D eigenvalue weighted by Gasteiger charge is -2.31. The van der Waals surface area contributed by atoms with Gasteiger partial charge < -0.3 is 20.5 Å². The molecule has 21 heavy (non-hydrogen) atoms. The van der Waals surface area contributed by atoms with Crippen LogP contribution in [0.25, 0.3) is 0 Å². The lowest BCUT2D eigenvalue weighted by molar-refractivity contribution is 0.0894. The van der Waals surface area contributed by atoms with Gasteiger partial charge in [0.15, 0.2) is 0 Å².